The van der Waals surface area contributed by atoms with Gasteiger partial charge in [0.2, 0.25) is 5.89 Å². The van der Waals surface area contributed by atoms with Gasteiger partial charge in [0.1, 0.15) is 0 Å². The Kier molecular flexibility index (Phi) is 6.77. The minimum absolute atomic E-state index is 0.225. The lowest BCUT2D eigenvalue weighted by molar-refractivity contribution is 0.382. The molecule has 0 unspecified atom stereocenters. The van der Waals surface area contributed by atoms with E-state index in [0.717, 1.165) is 22.2 Å². The molecule has 0 aliphatic carbocycles. The molecule has 0 atom stereocenters. The molecule has 2 heterocycles. The van der Waals surface area contributed by atoms with E-state index in [0.29, 0.717) is 17.5 Å². The second kappa shape index (κ2) is 9.47. The van der Waals surface area contributed by atoms with E-state index in [4.69, 9.17) is 4.52 Å². The molecular formula is C21H24N6OS. The van der Waals surface area contributed by atoms with E-state index in [1.165, 1.54) is 17.3 Å². The van der Waals surface area contributed by atoms with Crippen molar-refractivity contribution >= 4 is 24.1 Å². The first-order chi connectivity index (χ1) is 14.0. The van der Waals surface area contributed by atoms with Gasteiger partial charge in [0.15, 0.2) is 16.8 Å². The summed E-state index contributed by atoms with van der Waals surface area (Å²) in [6.07, 6.45) is 5.48. The van der Waals surface area contributed by atoms with E-state index in [9.17, 15) is 0 Å². The summed E-state index contributed by atoms with van der Waals surface area (Å²) in [4.78, 5) is 8.24. The molecule has 2 aromatic heterocycles. The summed E-state index contributed by atoms with van der Waals surface area (Å²) < 4.78 is 7.38. The minimum Gasteiger partial charge on any atom is -0.338 e. The maximum Gasteiger partial charge on any atom is 0.237 e. The Morgan fingerprint density at radius 1 is 1.28 bits per heavy atom. The van der Waals surface area contributed by atoms with Gasteiger partial charge in [-0.05, 0) is 38.8 Å². The topological polar surface area (TPSA) is 82.0 Å². The Balaban J connectivity index is 1.96. The zero-order valence-electron chi connectivity index (χ0n) is 17.0. The lowest BCUT2D eigenvalue weighted by atomic mass is 10.2. The quantitative estimate of drug-likeness (QED) is 0.297. The van der Waals surface area contributed by atoms with E-state index in [2.05, 4.69) is 63.2 Å². The first-order valence-corrected chi connectivity index (χ1v) is 10.3. The first-order valence-electron chi connectivity index (χ1n) is 9.30. The molecule has 0 spiro atoms. The number of aliphatic imine (C=N–C) groups is 1. The highest BCUT2D eigenvalue weighted by Gasteiger charge is 2.18. The van der Waals surface area contributed by atoms with Gasteiger partial charge in [-0.3, -0.25) is 9.56 Å². The molecule has 0 N–H and O–H groups in total. The molecule has 0 saturated carbocycles. The van der Waals surface area contributed by atoms with Crippen molar-refractivity contribution in [2.75, 3.05) is 0 Å². The van der Waals surface area contributed by atoms with Crippen LogP contribution in [0.1, 0.15) is 49.8 Å². The molecule has 1 aromatic carbocycles. The van der Waals surface area contributed by atoms with Crippen LogP contribution in [-0.4, -0.2) is 31.6 Å². The van der Waals surface area contributed by atoms with Gasteiger partial charge in [-0.15, -0.1) is 10.2 Å². The Bertz CT molecular complexity index is 1030. The van der Waals surface area contributed by atoms with Crippen molar-refractivity contribution in [3.8, 4) is 5.69 Å². The summed E-state index contributed by atoms with van der Waals surface area (Å²) in [6.45, 7) is 11.6. The zero-order valence-corrected chi connectivity index (χ0v) is 17.8. The summed E-state index contributed by atoms with van der Waals surface area (Å²) in [5.74, 6) is 2.74. The van der Waals surface area contributed by atoms with Gasteiger partial charge in [-0.25, -0.2) is 0 Å². The number of nitrogens with zero attached hydrogens (tertiary/aromatic N) is 6. The molecule has 0 saturated heterocycles. The maximum absolute atomic E-state index is 5.36. The molecule has 0 bridgehead atoms. The second-order valence-corrected chi connectivity index (χ2v) is 7.65. The lowest BCUT2D eigenvalue weighted by Crippen LogP contribution is -2.02. The Morgan fingerprint density at radius 2 is 2.03 bits per heavy atom. The van der Waals surface area contributed by atoms with Crippen LogP contribution in [0.2, 0.25) is 0 Å². The zero-order chi connectivity index (χ0) is 20.8. The van der Waals surface area contributed by atoms with E-state index in [1.54, 1.807) is 6.20 Å². The van der Waals surface area contributed by atoms with Crippen LogP contribution < -0.4 is 0 Å². The SMILES string of the molecule is C=N/C=C\C(=C/C)c1nnc(SCc2nc(C(C)C)no2)n1-c1ccc(C)cc1. The predicted octanol–water partition coefficient (Wildman–Crippen LogP) is 4.99. The number of thioether (sulfide) groups is 1. The van der Waals surface area contributed by atoms with Crippen LogP contribution in [-0.2, 0) is 5.75 Å². The third kappa shape index (κ3) is 4.89. The van der Waals surface area contributed by atoms with Crippen LogP contribution in [0.3, 0.4) is 0 Å². The van der Waals surface area contributed by atoms with Crippen molar-refractivity contribution in [3.05, 3.63) is 65.7 Å². The molecule has 3 aromatic rings. The van der Waals surface area contributed by atoms with Crippen molar-refractivity contribution in [1.29, 1.82) is 0 Å². The highest BCUT2D eigenvalue weighted by atomic mass is 32.2. The molecule has 0 aliphatic heterocycles. The van der Waals surface area contributed by atoms with E-state index in [1.807, 2.05) is 37.5 Å². The fourth-order valence-electron chi connectivity index (χ4n) is 2.60. The molecule has 0 aliphatic rings. The number of aryl methyl sites for hydroxylation is 1. The molecule has 8 heteroatoms. The summed E-state index contributed by atoms with van der Waals surface area (Å²) in [5, 5.41) is 13.6. The Hall–Kier alpha value is -3.00. The van der Waals surface area contributed by atoms with Crippen LogP contribution in [0, 0.1) is 6.92 Å². The van der Waals surface area contributed by atoms with E-state index >= 15 is 0 Å². The number of hydrogen-bond donors (Lipinski definition) is 0. The minimum atomic E-state index is 0.225. The normalized spacial score (nSPS) is 12.2. The van der Waals surface area contributed by atoms with Crippen LogP contribution in [0.4, 0.5) is 0 Å². The third-order valence-corrected chi connectivity index (χ3v) is 5.09. The van der Waals surface area contributed by atoms with Crippen molar-refractivity contribution < 1.29 is 4.52 Å². The highest BCUT2D eigenvalue weighted by Crippen LogP contribution is 2.28. The van der Waals surface area contributed by atoms with Gasteiger partial charge in [0.25, 0.3) is 0 Å². The standard InChI is InChI=1S/C21H24N6OS/c1-6-16(11-12-22-5)20-24-25-21(27(20)17-9-7-15(4)8-10-17)29-13-18-23-19(14(2)3)26-28-18/h6-12,14H,5,13H2,1-4H3/b12-11-,16-6+. The number of hydrogen-bond acceptors (Lipinski definition) is 7. The van der Waals surface area contributed by atoms with E-state index < -0.39 is 0 Å². The largest absolute Gasteiger partial charge is 0.338 e. The first kappa shape index (κ1) is 20.7. The van der Waals surface area contributed by atoms with Gasteiger partial charge in [0.05, 0.1) is 5.75 Å². The highest BCUT2D eigenvalue weighted by molar-refractivity contribution is 7.98. The third-order valence-electron chi connectivity index (χ3n) is 4.18. The van der Waals surface area contributed by atoms with E-state index in [-0.39, 0.29) is 5.92 Å². The van der Waals surface area contributed by atoms with Crippen molar-refractivity contribution in [2.24, 2.45) is 4.99 Å². The van der Waals surface area contributed by atoms with Crippen molar-refractivity contribution in [3.63, 3.8) is 0 Å². The molecular weight excluding hydrogens is 384 g/mol. The number of allylic oxidation sites excluding steroid dienone is 3. The smallest absolute Gasteiger partial charge is 0.237 e. The van der Waals surface area contributed by atoms with Gasteiger partial charge in [0, 0.05) is 23.4 Å². The molecule has 0 amide bonds. The van der Waals surface area contributed by atoms with Crippen LogP contribution in [0.5, 0.6) is 0 Å². The monoisotopic (exact) mass is 408 g/mol. The van der Waals surface area contributed by atoms with Gasteiger partial charge >= 0.3 is 0 Å². The van der Waals surface area contributed by atoms with Gasteiger partial charge < -0.3 is 4.52 Å². The summed E-state index contributed by atoms with van der Waals surface area (Å²) in [6, 6.07) is 8.24. The van der Waals surface area contributed by atoms with Crippen LogP contribution in [0.15, 0.2) is 57.3 Å². The number of benzene rings is 1. The van der Waals surface area contributed by atoms with Gasteiger partial charge in [-0.2, -0.15) is 4.98 Å². The molecule has 0 radical (unpaired) electrons. The fraction of sp³-hybridized carbons (Fsp3) is 0.286. The summed E-state index contributed by atoms with van der Waals surface area (Å²) in [7, 11) is 0. The van der Waals surface area contributed by atoms with Gasteiger partial charge in [-0.1, -0.05) is 54.5 Å². The second-order valence-electron chi connectivity index (χ2n) is 6.71. The lowest BCUT2D eigenvalue weighted by Gasteiger charge is -2.10. The number of rotatable bonds is 8. The Morgan fingerprint density at radius 3 is 2.66 bits per heavy atom. The molecule has 150 valence electrons. The maximum atomic E-state index is 5.36. The summed E-state index contributed by atoms with van der Waals surface area (Å²) >= 11 is 1.50. The average Bonchev–Trinajstić information content (AvgIpc) is 3.35. The fourth-order valence-corrected chi connectivity index (χ4v) is 3.39. The van der Waals surface area contributed by atoms with Crippen LogP contribution in [0.25, 0.3) is 11.3 Å². The van der Waals surface area contributed by atoms with Crippen LogP contribution >= 0.6 is 11.8 Å². The molecule has 3 rings (SSSR count). The molecule has 7 nitrogen and oxygen atoms in total. The molecule has 0 fully saturated rings. The van der Waals surface area contributed by atoms with Crippen molar-refractivity contribution in [1.82, 2.24) is 24.9 Å². The number of aromatic nitrogens is 5. The Labute approximate surface area is 174 Å². The summed E-state index contributed by atoms with van der Waals surface area (Å²) in [5.41, 5.74) is 3.06. The predicted molar refractivity (Wildman–Crippen MR) is 116 cm³/mol. The molecule has 29 heavy (non-hydrogen) atoms. The van der Waals surface area contributed by atoms with Crippen molar-refractivity contribution in [2.45, 2.75) is 44.5 Å². The average molecular weight is 409 g/mol.